The summed E-state index contributed by atoms with van der Waals surface area (Å²) in [5.74, 6) is 0.922. The van der Waals surface area contributed by atoms with Gasteiger partial charge >= 0.3 is 5.97 Å². The second-order valence-corrected chi connectivity index (χ2v) is 6.04. The van der Waals surface area contributed by atoms with Gasteiger partial charge in [0.15, 0.2) is 18.1 Å². The summed E-state index contributed by atoms with van der Waals surface area (Å²) in [7, 11) is 3.04. The topological polar surface area (TPSA) is 83.1 Å². The zero-order valence-electron chi connectivity index (χ0n) is 16.3. The number of anilines is 1. The standard InChI is InChI=1S/C21H25NO6/c1-15-6-9-17(10-7-15)27-12-4-5-21(24)28-14-20(23)22-16-8-11-18(25-2)19(13-16)26-3/h6-11,13H,4-5,12,14H2,1-3H3,(H,22,23). The molecule has 7 nitrogen and oxygen atoms in total. The van der Waals surface area contributed by atoms with Gasteiger partial charge in [-0.15, -0.1) is 0 Å². The molecular formula is C21H25NO6. The van der Waals surface area contributed by atoms with Crippen LogP contribution in [-0.2, 0) is 14.3 Å². The van der Waals surface area contributed by atoms with Crippen LogP contribution in [-0.4, -0.2) is 39.3 Å². The lowest BCUT2D eigenvalue weighted by Crippen LogP contribution is -2.21. The lowest BCUT2D eigenvalue weighted by Gasteiger charge is -2.11. The van der Waals surface area contributed by atoms with Crippen LogP contribution in [0.2, 0.25) is 0 Å². The third kappa shape index (κ3) is 6.83. The van der Waals surface area contributed by atoms with Gasteiger partial charge in [0.2, 0.25) is 0 Å². The van der Waals surface area contributed by atoms with Crippen molar-refractivity contribution in [3.63, 3.8) is 0 Å². The minimum Gasteiger partial charge on any atom is -0.494 e. The maximum Gasteiger partial charge on any atom is 0.306 e. The van der Waals surface area contributed by atoms with Gasteiger partial charge in [0, 0.05) is 18.2 Å². The molecule has 0 atom stereocenters. The molecule has 0 fully saturated rings. The third-order valence-corrected chi connectivity index (χ3v) is 3.85. The molecule has 0 radical (unpaired) electrons. The third-order valence-electron chi connectivity index (χ3n) is 3.85. The van der Waals surface area contributed by atoms with E-state index in [-0.39, 0.29) is 13.0 Å². The van der Waals surface area contributed by atoms with Crippen molar-refractivity contribution in [3.05, 3.63) is 48.0 Å². The fourth-order valence-corrected chi connectivity index (χ4v) is 2.37. The number of aryl methyl sites for hydroxylation is 1. The molecule has 0 spiro atoms. The van der Waals surface area contributed by atoms with Gasteiger partial charge in [-0.1, -0.05) is 17.7 Å². The van der Waals surface area contributed by atoms with Gasteiger partial charge in [0.25, 0.3) is 5.91 Å². The Balaban J connectivity index is 1.66. The molecule has 2 rings (SSSR count). The lowest BCUT2D eigenvalue weighted by atomic mass is 10.2. The summed E-state index contributed by atoms with van der Waals surface area (Å²) in [4.78, 5) is 23.7. The maximum absolute atomic E-state index is 11.9. The number of carbonyl (C=O) groups excluding carboxylic acids is 2. The number of hydrogen-bond donors (Lipinski definition) is 1. The first-order chi connectivity index (χ1) is 13.5. The smallest absolute Gasteiger partial charge is 0.306 e. The fraction of sp³-hybridized carbons (Fsp3) is 0.333. The van der Waals surface area contributed by atoms with E-state index in [2.05, 4.69) is 5.32 Å². The van der Waals surface area contributed by atoms with E-state index in [4.69, 9.17) is 18.9 Å². The monoisotopic (exact) mass is 387 g/mol. The number of amides is 1. The molecule has 0 unspecified atom stereocenters. The van der Waals surface area contributed by atoms with Gasteiger partial charge in [-0.25, -0.2) is 0 Å². The molecule has 0 bridgehead atoms. The van der Waals surface area contributed by atoms with Gasteiger partial charge in [-0.3, -0.25) is 9.59 Å². The van der Waals surface area contributed by atoms with Crippen LogP contribution < -0.4 is 19.5 Å². The SMILES string of the molecule is COc1ccc(NC(=O)COC(=O)CCCOc2ccc(C)cc2)cc1OC. The number of hydrogen-bond acceptors (Lipinski definition) is 6. The van der Waals surface area contributed by atoms with Crippen molar-refractivity contribution in [2.24, 2.45) is 0 Å². The Hall–Kier alpha value is -3.22. The van der Waals surface area contributed by atoms with Crippen molar-refractivity contribution in [3.8, 4) is 17.2 Å². The van der Waals surface area contributed by atoms with Gasteiger partial charge in [0.1, 0.15) is 5.75 Å². The minimum atomic E-state index is -0.449. The Labute approximate surface area is 164 Å². The predicted octanol–water partition coefficient (Wildman–Crippen LogP) is 3.35. The molecule has 150 valence electrons. The molecule has 0 saturated heterocycles. The largest absolute Gasteiger partial charge is 0.494 e. The molecule has 2 aromatic rings. The lowest BCUT2D eigenvalue weighted by molar-refractivity contribution is -0.147. The van der Waals surface area contributed by atoms with Crippen LogP contribution in [0, 0.1) is 6.92 Å². The van der Waals surface area contributed by atoms with Crippen LogP contribution in [0.1, 0.15) is 18.4 Å². The van der Waals surface area contributed by atoms with Crippen LogP contribution in [0.15, 0.2) is 42.5 Å². The molecular weight excluding hydrogens is 362 g/mol. The van der Waals surface area contributed by atoms with E-state index in [0.29, 0.717) is 30.2 Å². The second kappa shape index (κ2) is 10.8. The fourth-order valence-electron chi connectivity index (χ4n) is 2.37. The number of ether oxygens (including phenoxy) is 4. The second-order valence-electron chi connectivity index (χ2n) is 6.04. The van der Waals surface area contributed by atoms with Crippen LogP contribution in [0.3, 0.4) is 0 Å². The summed E-state index contributed by atoms with van der Waals surface area (Å²) in [5.41, 5.74) is 1.67. The van der Waals surface area contributed by atoms with Gasteiger partial charge in [0.05, 0.1) is 20.8 Å². The van der Waals surface area contributed by atoms with Crippen molar-refractivity contribution in [1.82, 2.24) is 0 Å². The molecule has 0 saturated carbocycles. The Morgan fingerprint density at radius 3 is 2.36 bits per heavy atom. The maximum atomic E-state index is 11.9. The summed E-state index contributed by atoms with van der Waals surface area (Å²) in [5, 5.41) is 2.64. The van der Waals surface area contributed by atoms with Crippen molar-refractivity contribution in [2.45, 2.75) is 19.8 Å². The highest BCUT2D eigenvalue weighted by Crippen LogP contribution is 2.29. The molecule has 1 N–H and O–H groups in total. The molecule has 0 aromatic heterocycles. The number of nitrogens with one attached hydrogen (secondary N) is 1. The predicted molar refractivity (Wildman–Crippen MR) is 105 cm³/mol. The molecule has 28 heavy (non-hydrogen) atoms. The van der Waals surface area contributed by atoms with E-state index in [0.717, 1.165) is 11.3 Å². The zero-order chi connectivity index (χ0) is 20.4. The highest BCUT2D eigenvalue weighted by molar-refractivity contribution is 5.93. The van der Waals surface area contributed by atoms with Crippen LogP contribution >= 0.6 is 0 Å². The van der Waals surface area contributed by atoms with Gasteiger partial charge in [-0.05, 0) is 37.6 Å². The van der Waals surface area contributed by atoms with Crippen molar-refractivity contribution in [2.75, 3.05) is 32.8 Å². The van der Waals surface area contributed by atoms with Gasteiger partial charge < -0.3 is 24.3 Å². The highest BCUT2D eigenvalue weighted by atomic mass is 16.5. The molecule has 0 aliphatic carbocycles. The van der Waals surface area contributed by atoms with E-state index in [1.807, 2.05) is 31.2 Å². The van der Waals surface area contributed by atoms with Crippen molar-refractivity contribution in [1.29, 1.82) is 0 Å². The average Bonchev–Trinajstić information content (AvgIpc) is 2.71. The van der Waals surface area contributed by atoms with E-state index >= 15 is 0 Å². The van der Waals surface area contributed by atoms with Crippen LogP contribution in [0.4, 0.5) is 5.69 Å². The molecule has 0 aliphatic heterocycles. The number of esters is 1. The van der Waals surface area contributed by atoms with Crippen molar-refractivity contribution < 1.29 is 28.5 Å². The average molecular weight is 387 g/mol. The van der Waals surface area contributed by atoms with E-state index in [1.54, 1.807) is 18.2 Å². The summed E-state index contributed by atoms with van der Waals surface area (Å²) in [6.45, 7) is 2.04. The Morgan fingerprint density at radius 1 is 0.964 bits per heavy atom. The zero-order valence-corrected chi connectivity index (χ0v) is 16.3. The van der Waals surface area contributed by atoms with Crippen molar-refractivity contribution >= 4 is 17.6 Å². The number of benzene rings is 2. The first kappa shape index (κ1) is 21.1. The summed E-state index contributed by atoms with van der Waals surface area (Å²) in [6, 6.07) is 12.7. The summed E-state index contributed by atoms with van der Waals surface area (Å²) >= 11 is 0. The molecule has 1 amide bonds. The van der Waals surface area contributed by atoms with Gasteiger partial charge in [-0.2, -0.15) is 0 Å². The van der Waals surface area contributed by atoms with E-state index in [9.17, 15) is 9.59 Å². The Bertz CT molecular complexity index is 788. The quantitative estimate of drug-likeness (QED) is 0.497. The normalized spacial score (nSPS) is 10.1. The van der Waals surface area contributed by atoms with E-state index < -0.39 is 11.9 Å². The number of methoxy groups -OCH3 is 2. The molecule has 7 heteroatoms. The number of carbonyl (C=O) groups is 2. The first-order valence-corrected chi connectivity index (χ1v) is 8.89. The minimum absolute atomic E-state index is 0.176. The summed E-state index contributed by atoms with van der Waals surface area (Å²) in [6.07, 6.45) is 0.680. The van der Waals surface area contributed by atoms with E-state index in [1.165, 1.54) is 14.2 Å². The summed E-state index contributed by atoms with van der Waals surface area (Å²) < 4.78 is 20.8. The molecule has 0 aliphatic rings. The van der Waals surface area contributed by atoms with Crippen LogP contribution in [0.5, 0.6) is 17.2 Å². The Kier molecular flexibility index (Phi) is 8.14. The highest BCUT2D eigenvalue weighted by Gasteiger charge is 2.10. The Morgan fingerprint density at radius 2 is 1.68 bits per heavy atom. The molecule has 0 heterocycles. The first-order valence-electron chi connectivity index (χ1n) is 8.89. The molecule has 2 aromatic carbocycles. The van der Waals surface area contributed by atoms with Crippen LogP contribution in [0.25, 0.3) is 0 Å². The number of rotatable bonds is 10.